The van der Waals surface area contributed by atoms with E-state index >= 15 is 0 Å². The van der Waals surface area contributed by atoms with Crippen LogP contribution >= 0.6 is 0 Å². The quantitative estimate of drug-likeness (QED) is 0.258. The molecule has 38 heavy (non-hydrogen) atoms. The number of carbonyl (C=O) groups is 1. The summed E-state index contributed by atoms with van der Waals surface area (Å²) in [4.78, 5) is 21.4. The van der Waals surface area contributed by atoms with Gasteiger partial charge in [0.1, 0.15) is 17.2 Å². The molecule has 5 aromatic rings. The smallest absolute Gasteiger partial charge is 0.325 e. The molecule has 0 bridgehead atoms. The normalized spacial score (nSPS) is 11.8. The van der Waals surface area contributed by atoms with Crippen molar-refractivity contribution in [2.24, 2.45) is 0 Å². The number of pyridine rings is 2. The highest BCUT2D eigenvalue weighted by molar-refractivity contribution is 5.99. The first-order valence-electron chi connectivity index (χ1n) is 12.4. The number of benzene rings is 1. The number of imidazole rings is 1. The van der Waals surface area contributed by atoms with E-state index in [1.807, 2.05) is 55.8 Å². The van der Waals surface area contributed by atoms with Crippen LogP contribution in [0, 0.1) is 5.82 Å². The number of hydrogen-bond acceptors (Lipinski definition) is 5. The Morgan fingerprint density at radius 3 is 2.47 bits per heavy atom. The van der Waals surface area contributed by atoms with Gasteiger partial charge >= 0.3 is 6.03 Å². The molecule has 0 aliphatic carbocycles. The fourth-order valence-corrected chi connectivity index (χ4v) is 4.05. The second-order valence-electron chi connectivity index (χ2n) is 10.5. The fraction of sp³-hybridized carbons (Fsp3) is 0.241. The number of nitrogens with one attached hydrogen (secondary N) is 2. The molecule has 0 aliphatic heterocycles. The topological polar surface area (TPSA) is 97.3 Å². The minimum Gasteiger partial charge on any atom is -0.359 e. The summed E-state index contributed by atoms with van der Waals surface area (Å²) in [6.07, 6.45) is 5.44. The van der Waals surface area contributed by atoms with Gasteiger partial charge in [0.15, 0.2) is 5.82 Å². The predicted octanol–water partition coefficient (Wildman–Crippen LogP) is 7.26. The highest BCUT2D eigenvalue weighted by Crippen LogP contribution is 2.29. The lowest BCUT2D eigenvalue weighted by atomic mass is 9.93. The summed E-state index contributed by atoms with van der Waals surface area (Å²) in [5.74, 6) is 0.642. The van der Waals surface area contributed by atoms with Gasteiger partial charge in [-0.15, -0.1) is 0 Å². The Morgan fingerprint density at radius 2 is 1.76 bits per heavy atom. The van der Waals surface area contributed by atoms with Gasteiger partial charge in [-0.2, -0.15) is 0 Å². The third-order valence-corrected chi connectivity index (χ3v) is 6.22. The SMILES string of the molecule is CC(C)c1cc(-c2ccn3c(-c4ccc(NC(=O)Nc5cc(C(C)(C)C)on5)c(F)c4)cnc3c2)ccn1. The molecule has 8 nitrogen and oxygen atoms in total. The first-order chi connectivity index (χ1) is 18.1. The molecule has 0 aliphatic rings. The van der Waals surface area contributed by atoms with Gasteiger partial charge in [0, 0.05) is 35.1 Å². The number of carbonyl (C=O) groups excluding carboxylic acids is 1. The van der Waals surface area contributed by atoms with Crippen molar-refractivity contribution in [3.8, 4) is 22.4 Å². The third-order valence-electron chi connectivity index (χ3n) is 6.22. The first kappa shape index (κ1) is 25.1. The highest BCUT2D eigenvalue weighted by atomic mass is 19.1. The lowest BCUT2D eigenvalue weighted by Gasteiger charge is -2.12. The predicted molar refractivity (Wildman–Crippen MR) is 146 cm³/mol. The van der Waals surface area contributed by atoms with Gasteiger partial charge < -0.3 is 9.84 Å². The van der Waals surface area contributed by atoms with Crippen molar-refractivity contribution in [1.29, 1.82) is 0 Å². The van der Waals surface area contributed by atoms with Crippen LogP contribution in [-0.4, -0.2) is 25.6 Å². The summed E-state index contributed by atoms with van der Waals surface area (Å²) in [5.41, 5.74) is 5.02. The lowest BCUT2D eigenvalue weighted by molar-refractivity contribution is 0.261. The molecule has 0 fully saturated rings. The lowest BCUT2D eigenvalue weighted by Crippen LogP contribution is -2.20. The largest absolute Gasteiger partial charge is 0.359 e. The van der Waals surface area contributed by atoms with Gasteiger partial charge in [0.05, 0.1) is 17.6 Å². The van der Waals surface area contributed by atoms with E-state index in [0.717, 1.165) is 28.2 Å². The number of rotatable bonds is 5. The van der Waals surface area contributed by atoms with E-state index < -0.39 is 11.8 Å². The number of fused-ring (bicyclic) bond motifs is 1. The Labute approximate surface area is 219 Å². The van der Waals surface area contributed by atoms with Crippen LogP contribution in [0.3, 0.4) is 0 Å². The third kappa shape index (κ3) is 5.13. The molecule has 0 atom stereocenters. The van der Waals surface area contributed by atoms with E-state index in [1.165, 1.54) is 12.1 Å². The van der Waals surface area contributed by atoms with Crippen LogP contribution < -0.4 is 10.6 Å². The number of urea groups is 1. The summed E-state index contributed by atoms with van der Waals surface area (Å²) >= 11 is 0. The van der Waals surface area contributed by atoms with Crippen molar-refractivity contribution in [3.05, 3.63) is 84.4 Å². The van der Waals surface area contributed by atoms with Gasteiger partial charge in [-0.1, -0.05) is 45.8 Å². The number of nitrogens with zero attached hydrogens (tertiary/aromatic N) is 4. The molecule has 0 saturated carbocycles. The molecule has 2 amide bonds. The average molecular weight is 513 g/mol. The number of amides is 2. The molecule has 9 heteroatoms. The minimum atomic E-state index is -0.621. The molecule has 5 rings (SSSR count). The number of hydrogen-bond donors (Lipinski definition) is 2. The van der Waals surface area contributed by atoms with Crippen LogP contribution in [0.4, 0.5) is 20.7 Å². The van der Waals surface area contributed by atoms with Crippen LogP contribution in [0.5, 0.6) is 0 Å². The second-order valence-corrected chi connectivity index (χ2v) is 10.5. The van der Waals surface area contributed by atoms with Crippen molar-refractivity contribution in [1.82, 2.24) is 19.5 Å². The fourth-order valence-electron chi connectivity index (χ4n) is 4.05. The summed E-state index contributed by atoms with van der Waals surface area (Å²) in [6, 6.07) is 13.7. The van der Waals surface area contributed by atoms with Crippen molar-refractivity contribution < 1.29 is 13.7 Å². The van der Waals surface area contributed by atoms with Crippen LogP contribution in [0.15, 0.2) is 71.6 Å². The molecule has 2 N–H and O–H groups in total. The van der Waals surface area contributed by atoms with E-state index in [9.17, 15) is 9.18 Å². The zero-order valence-corrected chi connectivity index (χ0v) is 21.9. The van der Waals surface area contributed by atoms with Gasteiger partial charge in [0.25, 0.3) is 0 Å². The molecule has 4 heterocycles. The summed E-state index contributed by atoms with van der Waals surface area (Å²) in [6.45, 7) is 10.1. The van der Waals surface area contributed by atoms with Crippen molar-refractivity contribution in [2.75, 3.05) is 10.6 Å². The number of aromatic nitrogens is 4. The van der Waals surface area contributed by atoms with Crippen LogP contribution in [0.2, 0.25) is 0 Å². The molecule has 4 aromatic heterocycles. The van der Waals surface area contributed by atoms with Crippen molar-refractivity contribution >= 4 is 23.2 Å². The molecule has 0 unspecified atom stereocenters. The second kappa shape index (κ2) is 9.74. The van der Waals surface area contributed by atoms with E-state index in [2.05, 4.69) is 45.7 Å². The van der Waals surface area contributed by atoms with Crippen molar-refractivity contribution in [2.45, 2.75) is 46.0 Å². The zero-order valence-electron chi connectivity index (χ0n) is 21.9. The monoisotopic (exact) mass is 512 g/mol. The maximum absolute atomic E-state index is 15.0. The van der Waals surface area contributed by atoms with E-state index in [1.54, 1.807) is 18.3 Å². The molecule has 1 aromatic carbocycles. The molecule has 0 radical (unpaired) electrons. The molecular formula is C29H29FN6O2. The van der Waals surface area contributed by atoms with E-state index in [0.29, 0.717) is 17.2 Å². The standard InChI is InChI=1S/C29H29FN6O2/c1-17(2)23-13-18(8-10-31-23)19-9-11-36-24(16-32-27(36)14-19)20-6-7-22(21(30)12-20)33-28(37)34-26-15-25(38-35-26)29(3,4)5/h6-17H,1-5H3,(H2,33,34,35,37). The van der Waals surface area contributed by atoms with Gasteiger partial charge in [0.2, 0.25) is 0 Å². The van der Waals surface area contributed by atoms with E-state index in [-0.39, 0.29) is 16.9 Å². The van der Waals surface area contributed by atoms with Crippen LogP contribution in [0.1, 0.15) is 52.0 Å². The molecule has 194 valence electrons. The van der Waals surface area contributed by atoms with E-state index in [4.69, 9.17) is 4.52 Å². The molecule has 0 spiro atoms. The average Bonchev–Trinajstić information content (AvgIpc) is 3.52. The van der Waals surface area contributed by atoms with Gasteiger partial charge in [-0.05, 0) is 53.4 Å². The summed E-state index contributed by atoms with van der Waals surface area (Å²) in [7, 11) is 0. The Hall–Kier alpha value is -4.53. The Kier molecular flexibility index (Phi) is 6.44. The first-order valence-corrected chi connectivity index (χ1v) is 12.4. The van der Waals surface area contributed by atoms with Crippen molar-refractivity contribution in [3.63, 3.8) is 0 Å². The Balaban J connectivity index is 1.34. The van der Waals surface area contributed by atoms with Crippen LogP contribution in [-0.2, 0) is 5.41 Å². The maximum Gasteiger partial charge on any atom is 0.325 e. The molecule has 0 saturated heterocycles. The maximum atomic E-state index is 15.0. The zero-order chi connectivity index (χ0) is 27.0. The summed E-state index contributed by atoms with van der Waals surface area (Å²) in [5, 5.41) is 8.93. The Morgan fingerprint density at radius 1 is 0.974 bits per heavy atom. The molecular weight excluding hydrogens is 483 g/mol. The number of anilines is 2. The Bertz CT molecular complexity index is 1630. The van der Waals surface area contributed by atoms with Gasteiger partial charge in [-0.25, -0.2) is 14.2 Å². The van der Waals surface area contributed by atoms with Crippen LogP contribution in [0.25, 0.3) is 28.0 Å². The van der Waals surface area contributed by atoms with Gasteiger partial charge in [-0.3, -0.25) is 14.7 Å². The minimum absolute atomic E-state index is 0.0422. The highest BCUT2D eigenvalue weighted by Gasteiger charge is 2.20. The number of halogens is 1. The summed E-state index contributed by atoms with van der Waals surface area (Å²) < 4.78 is 22.1.